The highest BCUT2D eigenvalue weighted by Gasteiger charge is 2.23. The Kier molecular flexibility index (Phi) is 5.99. The van der Waals surface area contributed by atoms with Gasteiger partial charge in [-0.1, -0.05) is 24.3 Å². The number of nitrogens with one attached hydrogen (secondary N) is 2. The number of benzene rings is 1. The number of rotatable bonds is 6. The van der Waals surface area contributed by atoms with E-state index < -0.39 is 0 Å². The van der Waals surface area contributed by atoms with E-state index >= 15 is 0 Å². The van der Waals surface area contributed by atoms with Crippen LogP contribution in [0.3, 0.4) is 0 Å². The minimum Gasteiger partial charge on any atom is -0.381 e. The molecule has 1 aliphatic rings. The molecule has 1 aliphatic heterocycles. The first kappa shape index (κ1) is 20.3. The maximum Gasteiger partial charge on any atom is 0.255 e. The molecule has 4 rings (SSSR count). The van der Waals surface area contributed by atoms with Gasteiger partial charge in [-0.2, -0.15) is 5.10 Å². The van der Waals surface area contributed by atoms with Gasteiger partial charge in [-0.05, 0) is 44.7 Å². The molecule has 0 spiro atoms. The fourth-order valence-corrected chi connectivity index (χ4v) is 4.06. The van der Waals surface area contributed by atoms with E-state index in [1.807, 2.05) is 36.7 Å². The van der Waals surface area contributed by atoms with Crippen molar-refractivity contribution in [3.63, 3.8) is 0 Å². The molecule has 3 aromatic rings. The summed E-state index contributed by atoms with van der Waals surface area (Å²) in [5.74, 6) is -0.140. The van der Waals surface area contributed by atoms with Gasteiger partial charge in [0.25, 0.3) is 5.91 Å². The van der Waals surface area contributed by atoms with E-state index in [-0.39, 0.29) is 18.0 Å². The fraction of sp³-hybridized carbons (Fsp3) is 0.435. The largest absolute Gasteiger partial charge is 0.381 e. The van der Waals surface area contributed by atoms with E-state index in [0.29, 0.717) is 5.56 Å². The first-order valence-corrected chi connectivity index (χ1v) is 10.6. The third-order valence-corrected chi connectivity index (χ3v) is 5.78. The Labute approximate surface area is 176 Å². The van der Waals surface area contributed by atoms with Crippen LogP contribution in [0, 0.1) is 6.92 Å². The molecule has 0 bridgehead atoms. The van der Waals surface area contributed by atoms with E-state index in [0.717, 1.165) is 60.4 Å². The van der Waals surface area contributed by atoms with Crippen molar-refractivity contribution < 1.29 is 9.53 Å². The Hall–Kier alpha value is -2.93. The summed E-state index contributed by atoms with van der Waals surface area (Å²) >= 11 is 0. The summed E-state index contributed by atoms with van der Waals surface area (Å²) in [6.45, 7) is 8.28. The second kappa shape index (κ2) is 8.83. The Morgan fingerprint density at radius 3 is 2.77 bits per heavy atom. The molecule has 2 aromatic heterocycles. The van der Waals surface area contributed by atoms with Gasteiger partial charge >= 0.3 is 0 Å². The van der Waals surface area contributed by atoms with Gasteiger partial charge in [-0.25, -0.2) is 9.67 Å². The lowest BCUT2D eigenvalue weighted by Crippen LogP contribution is -2.31. The quantitative estimate of drug-likeness (QED) is 0.649. The molecular weight excluding hydrogens is 378 g/mol. The summed E-state index contributed by atoms with van der Waals surface area (Å²) in [6, 6.07) is 8.26. The van der Waals surface area contributed by atoms with Crippen molar-refractivity contribution in [2.75, 3.05) is 18.5 Å². The number of ether oxygens (including phenoxy) is 1. The lowest BCUT2D eigenvalue weighted by atomic mass is 10.0. The predicted molar refractivity (Wildman–Crippen MR) is 118 cm³/mol. The van der Waals surface area contributed by atoms with Crippen LogP contribution in [0.4, 0.5) is 5.69 Å². The number of pyridine rings is 1. The first-order valence-electron chi connectivity index (χ1n) is 10.6. The summed E-state index contributed by atoms with van der Waals surface area (Å²) in [5.41, 5.74) is 4.41. The minimum absolute atomic E-state index is 0.108. The highest BCUT2D eigenvalue weighted by molar-refractivity contribution is 6.06. The average Bonchev–Trinajstić information content (AvgIpc) is 3.18. The standard InChI is InChI=1S/C23H29N5O2/c1-4-28-22-19(14-25-28)21(27-17-9-11-30-12-10-17)20(13-24-22)23(29)26-16(3)18-8-6-5-7-15(18)2/h5-8,13-14,16-17H,4,9-12H2,1-3H3,(H,24,27)(H,26,29). The molecule has 7 nitrogen and oxygen atoms in total. The van der Waals surface area contributed by atoms with E-state index in [1.54, 1.807) is 12.4 Å². The van der Waals surface area contributed by atoms with Crippen molar-refractivity contribution in [1.82, 2.24) is 20.1 Å². The van der Waals surface area contributed by atoms with Crippen molar-refractivity contribution in [2.45, 2.75) is 52.2 Å². The SMILES string of the molecule is CCn1ncc2c(NC3CCOCC3)c(C(=O)NC(C)c3ccccc3C)cnc21. The maximum atomic E-state index is 13.3. The molecule has 30 heavy (non-hydrogen) atoms. The predicted octanol–water partition coefficient (Wildman–Crippen LogP) is 3.84. The van der Waals surface area contributed by atoms with Gasteiger partial charge in [0, 0.05) is 32.0 Å². The smallest absolute Gasteiger partial charge is 0.255 e. The van der Waals surface area contributed by atoms with Gasteiger partial charge < -0.3 is 15.4 Å². The van der Waals surface area contributed by atoms with Gasteiger partial charge in [0.2, 0.25) is 0 Å². The maximum absolute atomic E-state index is 13.3. The number of aromatic nitrogens is 3. The summed E-state index contributed by atoms with van der Waals surface area (Å²) in [4.78, 5) is 17.8. The van der Waals surface area contributed by atoms with Crippen LogP contribution in [0.25, 0.3) is 11.0 Å². The highest BCUT2D eigenvalue weighted by atomic mass is 16.5. The molecule has 1 fully saturated rings. The van der Waals surface area contributed by atoms with E-state index in [4.69, 9.17) is 4.74 Å². The van der Waals surface area contributed by atoms with Crippen molar-refractivity contribution in [2.24, 2.45) is 0 Å². The molecule has 0 saturated carbocycles. The fourth-order valence-electron chi connectivity index (χ4n) is 4.06. The molecule has 1 aromatic carbocycles. The topological polar surface area (TPSA) is 81.1 Å². The van der Waals surface area contributed by atoms with Gasteiger partial charge in [0.15, 0.2) is 5.65 Å². The van der Waals surface area contributed by atoms with Gasteiger partial charge in [0.1, 0.15) is 0 Å². The highest BCUT2D eigenvalue weighted by Crippen LogP contribution is 2.29. The van der Waals surface area contributed by atoms with Crippen LogP contribution in [-0.2, 0) is 11.3 Å². The third kappa shape index (κ3) is 4.03. The number of hydrogen-bond acceptors (Lipinski definition) is 5. The van der Waals surface area contributed by atoms with Crippen LogP contribution in [-0.4, -0.2) is 39.9 Å². The average molecular weight is 408 g/mol. The summed E-state index contributed by atoms with van der Waals surface area (Å²) in [7, 11) is 0. The van der Waals surface area contributed by atoms with Crippen molar-refractivity contribution in [1.29, 1.82) is 0 Å². The van der Waals surface area contributed by atoms with Crippen LogP contribution in [0.1, 0.15) is 54.2 Å². The molecule has 1 unspecified atom stereocenters. The second-order valence-electron chi connectivity index (χ2n) is 7.83. The molecule has 2 N–H and O–H groups in total. The molecule has 158 valence electrons. The Morgan fingerprint density at radius 1 is 1.27 bits per heavy atom. The number of carbonyl (C=O) groups excluding carboxylic acids is 1. The number of aryl methyl sites for hydroxylation is 2. The Morgan fingerprint density at radius 2 is 2.03 bits per heavy atom. The molecular formula is C23H29N5O2. The Bertz CT molecular complexity index is 1040. The lowest BCUT2D eigenvalue weighted by molar-refractivity contribution is 0.0903. The third-order valence-electron chi connectivity index (χ3n) is 5.78. The number of fused-ring (bicyclic) bond motifs is 1. The Balaban J connectivity index is 1.67. The zero-order valence-electron chi connectivity index (χ0n) is 17.8. The van der Waals surface area contributed by atoms with Gasteiger partial charge in [-0.3, -0.25) is 4.79 Å². The van der Waals surface area contributed by atoms with Crippen LogP contribution in [0.15, 0.2) is 36.7 Å². The summed E-state index contributed by atoms with van der Waals surface area (Å²) in [5, 5.41) is 12.1. The monoisotopic (exact) mass is 407 g/mol. The number of hydrogen-bond donors (Lipinski definition) is 2. The first-order chi connectivity index (χ1) is 14.6. The lowest BCUT2D eigenvalue weighted by Gasteiger charge is -2.26. The van der Waals surface area contributed by atoms with E-state index in [2.05, 4.69) is 33.7 Å². The molecule has 0 aliphatic carbocycles. The van der Waals surface area contributed by atoms with Gasteiger partial charge in [0.05, 0.1) is 28.9 Å². The number of amides is 1. The minimum atomic E-state index is -0.140. The van der Waals surface area contributed by atoms with Crippen LogP contribution in [0.5, 0.6) is 0 Å². The van der Waals surface area contributed by atoms with E-state index in [1.165, 1.54) is 0 Å². The van der Waals surface area contributed by atoms with Crippen LogP contribution >= 0.6 is 0 Å². The molecule has 1 amide bonds. The second-order valence-corrected chi connectivity index (χ2v) is 7.83. The zero-order chi connectivity index (χ0) is 21.1. The normalized spacial score (nSPS) is 15.8. The van der Waals surface area contributed by atoms with Crippen LogP contribution in [0.2, 0.25) is 0 Å². The van der Waals surface area contributed by atoms with Gasteiger partial charge in [-0.15, -0.1) is 0 Å². The van der Waals surface area contributed by atoms with E-state index in [9.17, 15) is 4.79 Å². The molecule has 7 heteroatoms. The van der Waals surface area contributed by atoms with Crippen molar-refractivity contribution in [3.8, 4) is 0 Å². The molecule has 0 radical (unpaired) electrons. The number of nitrogens with zero attached hydrogens (tertiary/aromatic N) is 3. The van der Waals surface area contributed by atoms with Crippen molar-refractivity contribution in [3.05, 3.63) is 53.3 Å². The number of anilines is 1. The molecule has 1 saturated heterocycles. The zero-order valence-corrected chi connectivity index (χ0v) is 17.8. The van der Waals surface area contributed by atoms with Crippen LogP contribution < -0.4 is 10.6 Å². The number of carbonyl (C=O) groups is 1. The summed E-state index contributed by atoms with van der Waals surface area (Å²) < 4.78 is 7.34. The molecule has 1 atom stereocenters. The summed E-state index contributed by atoms with van der Waals surface area (Å²) in [6.07, 6.45) is 5.28. The van der Waals surface area contributed by atoms with Crippen molar-refractivity contribution >= 4 is 22.6 Å². The molecule has 3 heterocycles.